The number of benzene rings is 1. The van der Waals surface area contributed by atoms with Crippen LogP contribution in [0.3, 0.4) is 0 Å². The number of hydrogen-bond acceptors (Lipinski definition) is 3. The molecule has 0 aliphatic carbocycles. The highest BCUT2D eigenvalue weighted by molar-refractivity contribution is 8.00. The van der Waals surface area contributed by atoms with E-state index in [2.05, 4.69) is 24.4 Å². The smallest absolute Gasteiger partial charge is 0.317 e. The number of rotatable bonds is 4. The summed E-state index contributed by atoms with van der Waals surface area (Å²) >= 11 is 1.75. The Bertz CT molecular complexity index is 455. The van der Waals surface area contributed by atoms with Gasteiger partial charge in [0.2, 0.25) is 0 Å². The van der Waals surface area contributed by atoms with Crippen LogP contribution in [-0.4, -0.2) is 47.0 Å². The van der Waals surface area contributed by atoms with Gasteiger partial charge >= 0.3 is 6.03 Å². The second-order valence-corrected chi connectivity index (χ2v) is 7.22. The predicted octanol–water partition coefficient (Wildman–Crippen LogP) is 2.58. The van der Waals surface area contributed by atoms with Crippen molar-refractivity contribution in [3.8, 4) is 0 Å². The minimum Gasteiger partial charge on any atom is -0.391 e. The summed E-state index contributed by atoms with van der Waals surface area (Å²) in [6.07, 6.45) is 0.462. The van der Waals surface area contributed by atoms with E-state index in [1.807, 2.05) is 25.1 Å². The average Bonchev–Trinajstić information content (AvgIpc) is 2.48. The summed E-state index contributed by atoms with van der Waals surface area (Å²) in [4.78, 5) is 15.0. The normalized spacial score (nSPS) is 23.7. The highest BCUT2D eigenvalue weighted by Gasteiger charge is 2.27. The van der Waals surface area contributed by atoms with Crippen LogP contribution in [0.5, 0.6) is 0 Å². The molecule has 0 aromatic heterocycles. The minimum absolute atomic E-state index is 0.0681. The Hall–Kier alpha value is -1.20. The summed E-state index contributed by atoms with van der Waals surface area (Å²) in [5, 5.41) is 13.1. The van der Waals surface area contributed by atoms with Gasteiger partial charge in [-0.25, -0.2) is 4.79 Å². The Morgan fingerprint density at radius 3 is 2.86 bits per heavy atom. The van der Waals surface area contributed by atoms with Crippen LogP contribution < -0.4 is 5.32 Å². The van der Waals surface area contributed by atoms with Crippen molar-refractivity contribution in [2.24, 2.45) is 5.92 Å². The fourth-order valence-corrected chi connectivity index (χ4v) is 3.29. The fourth-order valence-electron chi connectivity index (χ4n) is 2.35. The van der Waals surface area contributed by atoms with Gasteiger partial charge in [-0.15, -0.1) is 11.8 Å². The van der Waals surface area contributed by atoms with E-state index in [4.69, 9.17) is 0 Å². The summed E-state index contributed by atoms with van der Waals surface area (Å²) in [6.45, 7) is 5.92. The molecule has 0 radical (unpaired) electrons. The molecule has 116 valence electrons. The Labute approximate surface area is 130 Å². The Kier molecular flexibility index (Phi) is 5.94. The fraction of sp³-hybridized carbons (Fsp3) is 0.562. The van der Waals surface area contributed by atoms with Crippen molar-refractivity contribution in [1.82, 2.24) is 10.2 Å². The van der Waals surface area contributed by atoms with Crippen molar-refractivity contribution in [3.05, 3.63) is 30.3 Å². The molecule has 1 aromatic rings. The lowest BCUT2D eigenvalue weighted by Gasteiger charge is -2.34. The van der Waals surface area contributed by atoms with Gasteiger partial charge in [-0.2, -0.15) is 0 Å². The zero-order valence-corrected chi connectivity index (χ0v) is 13.5. The highest BCUT2D eigenvalue weighted by Crippen LogP contribution is 2.22. The number of nitrogens with one attached hydrogen (secondary N) is 1. The molecule has 1 heterocycles. The van der Waals surface area contributed by atoms with E-state index in [9.17, 15) is 9.90 Å². The van der Waals surface area contributed by atoms with Crippen LogP contribution >= 0.6 is 11.8 Å². The van der Waals surface area contributed by atoms with E-state index >= 15 is 0 Å². The molecule has 4 nitrogen and oxygen atoms in total. The van der Waals surface area contributed by atoms with Gasteiger partial charge in [0.05, 0.1) is 6.10 Å². The van der Waals surface area contributed by atoms with Gasteiger partial charge in [0, 0.05) is 29.8 Å². The maximum absolute atomic E-state index is 12.1. The molecule has 0 bridgehead atoms. The lowest BCUT2D eigenvalue weighted by molar-refractivity contribution is 0.0436. The van der Waals surface area contributed by atoms with Crippen LogP contribution in [-0.2, 0) is 0 Å². The maximum Gasteiger partial charge on any atom is 0.317 e. The van der Waals surface area contributed by atoms with Crippen molar-refractivity contribution in [3.63, 3.8) is 0 Å². The number of amides is 2. The number of β-amino-alcohol motifs (C(OH)–C–C–N with tert-alkyl or cyclic N) is 1. The predicted molar refractivity (Wildman–Crippen MR) is 86.5 cm³/mol. The summed E-state index contributed by atoms with van der Waals surface area (Å²) in [6, 6.07) is 10.1. The first kappa shape index (κ1) is 16.2. The van der Waals surface area contributed by atoms with Gasteiger partial charge in [-0.05, 0) is 24.5 Å². The molecule has 2 N–H and O–H groups in total. The van der Waals surface area contributed by atoms with Crippen LogP contribution in [0.15, 0.2) is 35.2 Å². The summed E-state index contributed by atoms with van der Waals surface area (Å²) in [7, 11) is 0. The Balaban J connectivity index is 1.73. The summed E-state index contributed by atoms with van der Waals surface area (Å²) in [5.41, 5.74) is 0. The van der Waals surface area contributed by atoms with E-state index in [0.717, 1.165) is 13.0 Å². The van der Waals surface area contributed by atoms with E-state index < -0.39 is 6.10 Å². The molecule has 2 amide bonds. The third-order valence-corrected chi connectivity index (χ3v) is 4.94. The van der Waals surface area contributed by atoms with Gasteiger partial charge in [0.15, 0.2) is 0 Å². The molecule has 1 saturated heterocycles. The number of hydrogen-bond donors (Lipinski definition) is 2. The number of urea groups is 1. The van der Waals surface area contributed by atoms with E-state index in [0.29, 0.717) is 18.3 Å². The van der Waals surface area contributed by atoms with Crippen molar-refractivity contribution in [1.29, 1.82) is 0 Å². The number of thioether (sulfide) groups is 1. The van der Waals surface area contributed by atoms with Gasteiger partial charge in [-0.1, -0.05) is 32.0 Å². The van der Waals surface area contributed by atoms with Crippen LogP contribution in [0.25, 0.3) is 0 Å². The molecule has 21 heavy (non-hydrogen) atoms. The number of likely N-dealkylation sites (tertiary alicyclic amines) is 1. The molecule has 1 aliphatic heterocycles. The van der Waals surface area contributed by atoms with Crippen LogP contribution in [0, 0.1) is 5.92 Å². The Morgan fingerprint density at radius 1 is 1.48 bits per heavy atom. The van der Waals surface area contributed by atoms with Gasteiger partial charge in [-0.3, -0.25) is 0 Å². The average molecular weight is 308 g/mol. The molecule has 2 rings (SSSR count). The standard InChI is InChI=1S/C16H24N2O2S/c1-12-8-9-18(11-15(12)19)16(20)17-10-13(2)21-14-6-4-3-5-7-14/h3-7,12-13,15,19H,8-11H2,1-2H3,(H,17,20). The van der Waals surface area contributed by atoms with Gasteiger partial charge in [0.1, 0.15) is 0 Å². The number of piperidine rings is 1. The summed E-state index contributed by atoms with van der Waals surface area (Å²) < 4.78 is 0. The molecular weight excluding hydrogens is 284 g/mol. The highest BCUT2D eigenvalue weighted by atomic mass is 32.2. The second kappa shape index (κ2) is 7.71. The van der Waals surface area contributed by atoms with Crippen molar-refractivity contribution < 1.29 is 9.90 Å². The topological polar surface area (TPSA) is 52.6 Å². The third-order valence-electron chi connectivity index (χ3n) is 3.83. The first-order valence-electron chi connectivity index (χ1n) is 7.49. The van der Waals surface area contributed by atoms with Crippen LogP contribution in [0.2, 0.25) is 0 Å². The van der Waals surface area contributed by atoms with Crippen LogP contribution in [0.1, 0.15) is 20.3 Å². The Morgan fingerprint density at radius 2 is 2.19 bits per heavy atom. The molecule has 3 unspecified atom stereocenters. The maximum atomic E-state index is 12.1. The van der Waals surface area contributed by atoms with E-state index in [-0.39, 0.29) is 11.9 Å². The first-order valence-corrected chi connectivity index (χ1v) is 8.36. The van der Waals surface area contributed by atoms with Gasteiger partial charge < -0.3 is 15.3 Å². The van der Waals surface area contributed by atoms with E-state index in [1.165, 1.54) is 4.90 Å². The van der Waals surface area contributed by atoms with Crippen molar-refractivity contribution >= 4 is 17.8 Å². The minimum atomic E-state index is -0.402. The zero-order valence-electron chi connectivity index (χ0n) is 12.7. The SMILES string of the molecule is CC(CNC(=O)N1CCC(C)C(O)C1)Sc1ccccc1. The summed E-state index contributed by atoms with van der Waals surface area (Å²) in [5.74, 6) is 0.279. The molecular formula is C16H24N2O2S. The number of aliphatic hydroxyl groups excluding tert-OH is 1. The number of aliphatic hydroxyl groups is 1. The second-order valence-electron chi connectivity index (χ2n) is 5.71. The molecule has 1 aromatic carbocycles. The lowest BCUT2D eigenvalue weighted by atomic mass is 9.96. The van der Waals surface area contributed by atoms with Crippen LogP contribution in [0.4, 0.5) is 4.79 Å². The zero-order chi connectivity index (χ0) is 15.2. The van der Waals surface area contributed by atoms with Crippen molar-refractivity contribution in [2.45, 2.75) is 36.5 Å². The molecule has 3 atom stereocenters. The molecule has 1 fully saturated rings. The van der Waals surface area contributed by atoms with E-state index in [1.54, 1.807) is 16.7 Å². The largest absolute Gasteiger partial charge is 0.391 e. The third kappa shape index (κ3) is 4.93. The lowest BCUT2D eigenvalue weighted by Crippen LogP contribution is -2.50. The van der Waals surface area contributed by atoms with Gasteiger partial charge in [0.25, 0.3) is 0 Å². The molecule has 5 heteroatoms. The monoisotopic (exact) mass is 308 g/mol. The van der Waals surface area contributed by atoms with Crippen molar-refractivity contribution in [2.75, 3.05) is 19.6 Å². The molecule has 0 saturated carbocycles. The molecule has 1 aliphatic rings. The first-order chi connectivity index (χ1) is 10.1. The number of carbonyl (C=O) groups is 1. The number of nitrogens with zero attached hydrogens (tertiary/aromatic N) is 1. The number of carbonyl (C=O) groups excluding carboxylic acids is 1. The molecule has 0 spiro atoms. The quantitative estimate of drug-likeness (QED) is 0.841.